The Bertz CT molecular complexity index is 490. The Balaban J connectivity index is 1.90. The van der Waals surface area contributed by atoms with E-state index in [2.05, 4.69) is 31.1 Å². The summed E-state index contributed by atoms with van der Waals surface area (Å²) in [5.41, 5.74) is 2.51. The van der Waals surface area contributed by atoms with E-state index in [4.69, 9.17) is 4.52 Å². The molecular formula is C10H10BrN3OS. The van der Waals surface area contributed by atoms with Crippen LogP contribution in [0.1, 0.15) is 37.4 Å². The van der Waals surface area contributed by atoms with Crippen LogP contribution in [0.5, 0.6) is 0 Å². The van der Waals surface area contributed by atoms with Crippen LogP contribution in [0.2, 0.25) is 0 Å². The topological polar surface area (TPSA) is 51.8 Å². The van der Waals surface area contributed by atoms with E-state index in [0.29, 0.717) is 11.8 Å². The number of hydrogen-bond donors (Lipinski definition) is 0. The highest BCUT2D eigenvalue weighted by Gasteiger charge is 2.23. The molecule has 0 amide bonds. The van der Waals surface area contributed by atoms with E-state index in [-0.39, 0.29) is 0 Å². The number of thiazole rings is 1. The van der Waals surface area contributed by atoms with Gasteiger partial charge in [-0.25, -0.2) is 4.98 Å². The Kier molecular flexibility index (Phi) is 2.77. The first-order chi connectivity index (χ1) is 7.84. The molecule has 0 saturated heterocycles. The van der Waals surface area contributed by atoms with Gasteiger partial charge in [-0.2, -0.15) is 4.98 Å². The van der Waals surface area contributed by atoms with Crippen molar-refractivity contribution in [2.75, 3.05) is 0 Å². The molecule has 16 heavy (non-hydrogen) atoms. The summed E-state index contributed by atoms with van der Waals surface area (Å²) in [6, 6.07) is 0. The molecule has 3 rings (SSSR count). The van der Waals surface area contributed by atoms with Gasteiger partial charge in [-0.05, 0) is 28.8 Å². The van der Waals surface area contributed by atoms with Crippen LogP contribution in [0.3, 0.4) is 0 Å². The number of aromatic nitrogens is 3. The second-order valence-corrected chi connectivity index (χ2v) is 6.09. The molecule has 1 aliphatic rings. The van der Waals surface area contributed by atoms with Crippen LogP contribution in [0.25, 0.3) is 11.6 Å². The first-order valence-corrected chi connectivity index (χ1v) is 6.95. The molecule has 2 aromatic heterocycles. The summed E-state index contributed by atoms with van der Waals surface area (Å²) in [6.07, 6.45) is 4.90. The third kappa shape index (κ3) is 1.80. The van der Waals surface area contributed by atoms with Crippen molar-refractivity contribution in [1.82, 2.24) is 15.1 Å². The van der Waals surface area contributed by atoms with Crippen molar-refractivity contribution in [3.05, 3.63) is 15.1 Å². The summed E-state index contributed by atoms with van der Waals surface area (Å²) in [5, 5.41) is 4.05. The molecule has 2 heterocycles. The molecule has 0 radical (unpaired) electrons. The average molecular weight is 300 g/mol. The van der Waals surface area contributed by atoms with Crippen LogP contribution in [0.15, 0.2) is 13.8 Å². The number of nitrogens with zero attached hydrogens (tertiary/aromatic N) is 3. The van der Waals surface area contributed by atoms with E-state index in [9.17, 15) is 0 Å². The van der Waals surface area contributed by atoms with Crippen LogP contribution < -0.4 is 0 Å². The molecule has 2 aromatic rings. The number of rotatable bonds is 2. The van der Waals surface area contributed by atoms with E-state index in [1.54, 1.807) is 5.51 Å². The Labute approximate surface area is 105 Å². The predicted molar refractivity (Wildman–Crippen MR) is 64.3 cm³/mol. The SMILES string of the molecule is Brc1scnc1-c1nc(C2CCCC2)no1. The van der Waals surface area contributed by atoms with E-state index in [0.717, 1.165) is 15.3 Å². The second-order valence-electron chi connectivity index (χ2n) is 3.91. The standard InChI is InChI=1S/C10H10BrN3OS/c11-8-7(12-5-16-8)10-13-9(14-15-10)6-3-1-2-4-6/h5-6H,1-4H2. The molecule has 4 nitrogen and oxygen atoms in total. The molecule has 0 atom stereocenters. The van der Waals surface area contributed by atoms with Gasteiger partial charge in [0.05, 0.1) is 5.51 Å². The van der Waals surface area contributed by atoms with Crippen molar-refractivity contribution in [2.24, 2.45) is 0 Å². The minimum atomic E-state index is 0.481. The number of hydrogen-bond acceptors (Lipinski definition) is 5. The van der Waals surface area contributed by atoms with Crippen LogP contribution >= 0.6 is 27.3 Å². The zero-order valence-corrected chi connectivity index (χ0v) is 10.9. The van der Waals surface area contributed by atoms with Gasteiger partial charge in [-0.1, -0.05) is 18.0 Å². The fourth-order valence-electron chi connectivity index (χ4n) is 2.05. The van der Waals surface area contributed by atoms with Crippen LogP contribution in [0, 0.1) is 0 Å². The quantitative estimate of drug-likeness (QED) is 0.850. The van der Waals surface area contributed by atoms with Gasteiger partial charge < -0.3 is 4.52 Å². The Morgan fingerprint density at radius 3 is 2.88 bits per heavy atom. The van der Waals surface area contributed by atoms with Crippen LogP contribution in [-0.4, -0.2) is 15.1 Å². The van der Waals surface area contributed by atoms with E-state index >= 15 is 0 Å². The molecule has 0 N–H and O–H groups in total. The van der Waals surface area contributed by atoms with Gasteiger partial charge in [-0.3, -0.25) is 0 Å². The third-order valence-corrected chi connectivity index (χ3v) is 4.44. The lowest BCUT2D eigenvalue weighted by Gasteiger charge is -1.99. The molecule has 6 heteroatoms. The van der Waals surface area contributed by atoms with Crippen molar-refractivity contribution >= 4 is 27.3 Å². The molecule has 0 unspecified atom stereocenters. The van der Waals surface area contributed by atoms with Crippen molar-refractivity contribution in [3.63, 3.8) is 0 Å². The summed E-state index contributed by atoms with van der Waals surface area (Å²) < 4.78 is 6.19. The fraction of sp³-hybridized carbons (Fsp3) is 0.500. The molecule has 84 valence electrons. The zero-order chi connectivity index (χ0) is 11.0. The minimum Gasteiger partial charge on any atom is -0.332 e. The normalized spacial score (nSPS) is 17.1. The van der Waals surface area contributed by atoms with Gasteiger partial charge in [0, 0.05) is 5.92 Å². The Morgan fingerprint density at radius 2 is 2.19 bits per heavy atom. The molecule has 1 saturated carbocycles. The third-order valence-electron chi connectivity index (χ3n) is 2.89. The molecule has 0 bridgehead atoms. The van der Waals surface area contributed by atoms with E-state index in [1.165, 1.54) is 37.0 Å². The highest BCUT2D eigenvalue weighted by Crippen LogP contribution is 2.34. The largest absolute Gasteiger partial charge is 0.332 e. The summed E-state index contributed by atoms with van der Waals surface area (Å²) in [7, 11) is 0. The van der Waals surface area contributed by atoms with Crippen molar-refractivity contribution in [3.8, 4) is 11.6 Å². The van der Waals surface area contributed by atoms with Crippen molar-refractivity contribution in [2.45, 2.75) is 31.6 Å². The van der Waals surface area contributed by atoms with Gasteiger partial charge in [0.15, 0.2) is 11.5 Å². The van der Waals surface area contributed by atoms with Gasteiger partial charge in [-0.15, -0.1) is 11.3 Å². The maximum Gasteiger partial charge on any atom is 0.278 e. The summed E-state index contributed by atoms with van der Waals surface area (Å²) >= 11 is 4.94. The van der Waals surface area contributed by atoms with Gasteiger partial charge in [0.25, 0.3) is 5.89 Å². The smallest absolute Gasteiger partial charge is 0.278 e. The molecule has 0 aromatic carbocycles. The average Bonchev–Trinajstić information content (AvgIpc) is 2.96. The molecular weight excluding hydrogens is 290 g/mol. The lowest BCUT2D eigenvalue weighted by Crippen LogP contribution is -1.94. The first kappa shape index (κ1) is 10.4. The Hall–Kier alpha value is -0.750. The maximum atomic E-state index is 5.26. The van der Waals surface area contributed by atoms with E-state index in [1.807, 2.05) is 0 Å². The van der Waals surface area contributed by atoms with Gasteiger partial charge in [0.1, 0.15) is 3.79 Å². The molecule has 1 fully saturated rings. The van der Waals surface area contributed by atoms with Gasteiger partial charge in [0.2, 0.25) is 0 Å². The lowest BCUT2D eigenvalue weighted by molar-refractivity contribution is 0.414. The first-order valence-electron chi connectivity index (χ1n) is 5.27. The van der Waals surface area contributed by atoms with E-state index < -0.39 is 0 Å². The van der Waals surface area contributed by atoms with Gasteiger partial charge >= 0.3 is 0 Å². The molecule has 0 aliphatic heterocycles. The highest BCUT2D eigenvalue weighted by molar-refractivity contribution is 9.11. The zero-order valence-electron chi connectivity index (χ0n) is 8.52. The molecule has 0 spiro atoms. The van der Waals surface area contributed by atoms with Crippen LogP contribution in [-0.2, 0) is 0 Å². The lowest BCUT2D eigenvalue weighted by atomic mass is 10.1. The second kappa shape index (κ2) is 4.25. The minimum absolute atomic E-state index is 0.481. The van der Waals surface area contributed by atoms with Crippen LogP contribution in [0.4, 0.5) is 0 Å². The monoisotopic (exact) mass is 299 g/mol. The molecule has 1 aliphatic carbocycles. The van der Waals surface area contributed by atoms with Crippen molar-refractivity contribution in [1.29, 1.82) is 0 Å². The summed E-state index contributed by atoms with van der Waals surface area (Å²) in [6.45, 7) is 0. The van der Waals surface area contributed by atoms with Crippen molar-refractivity contribution < 1.29 is 4.52 Å². The summed E-state index contributed by atoms with van der Waals surface area (Å²) in [4.78, 5) is 8.63. The highest BCUT2D eigenvalue weighted by atomic mass is 79.9. The number of halogens is 1. The fourth-order valence-corrected chi connectivity index (χ4v) is 3.08. The predicted octanol–water partition coefficient (Wildman–Crippen LogP) is 3.61. The summed E-state index contributed by atoms with van der Waals surface area (Å²) in [5.74, 6) is 1.84. The Morgan fingerprint density at radius 1 is 1.38 bits per heavy atom. The maximum absolute atomic E-state index is 5.26.